The molecule has 2 atom stereocenters. The van der Waals surface area contributed by atoms with Crippen molar-refractivity contribution in [3.63, 3.8) is 0 Å². The standard InChI is InChI=1S/C16H25NO3/c1-11(2)19-15-7-12(17)8-16(10-15)20-14-6-4-5-13(9-14)18-3/h7-8,10-11,13-14H,4-6,9,17H2,1-3H3. The van der Waals surface area contributed by atoms with Crippen molar-refractivity contribution < 1.29 is 14.2 Å². The van der Waals surface area contributed by atoms with Crippen molar-refractivity contribution in [2.45, 2.75) is 57.8 Å². The van der Waals surface area contributed by atoms with Crippen LogP contribution in [0.2, 0.25) is 0 Å². The maximum absolute atomic E-state index is 6.05. The van der Waals surface area contributed by atoms with Crippen molar-refractivity contribution in [3.8, 4) is 11.5 Å². The highest BCUT2D eigenvalue weighted by Gasteiger charge is 2.23. The molecule has 4 nitrogen and oxygen atoms in total. The average Bonchev–Trinajstić information content (AvgIpc) is 2.37. The molecule has 2 rings (SSSR count). The van der Waals surface area contributed by atoms with Gasteiger partial charge in [-0.15, -0.1) is 0 Å². The number of nitrogen functional groups attached to an aromatic ring is 1. The van der Waals surface area contributed by atoms with Gasteiger partial charge >= 0.3 is 0 Å². The van der Waals surface area contributed by atoms with E-state index in [9.17, 15) is 0 Å². The molecule has 4 heteroatoms. The lowest BCUT2D eigenvalue weighted by molar-refractivity contribution is 0.0209. The molecule has 0 bridgehead atoms. The lowest BCUT2D eigenvalue weighted by Crippen LogP contribution is -2.29. The summed E-state index contributed by atoms with van der Waals surface area (Å²) in [4.78, 5) is 0. The Morgan fingerprint density at radius 2 is 1.80 bits per heavy atom. The second-order valence-corrected chi connectivity index (χ2v) is 5.67. The first-order chi connectivity index (χ1) is 9.56. The zero-order valence-electron chi connectivity index (χ0n) is 12.6. The van der Waals surface area contributed by atoms with Gasteiger partial charge in [0.15, 0.2) is 0 Å². The summed E-state index contributed by atoms with van der Waals surface area (Å²) in [7, 11) is 1.77. The molecule has 1 fully saturated rings. The van der Waals surface area contributed by atoms with Gasteiger partial charge in [0.1, 0.15) is 17.6 Å². The zero-order chi connectivity index (χ0) is 14.5. The third kappa shape index (κ3) is 4.30. The Morgan fingerprint density at radius 1 is 1.10 bits per heavy atom. The third-order valence-electron chi connectivity index (χ3n) is 3.49. The van der Waals surface area contributed by atoms with E-state index in [0.29, 0.717) is 11.8 Å². The zero-order valence-corrected chi connectivity index (χ0v) is 12.6. The van der Waals surface area contributed by atoms with E-state index in [1.807, 2.05) is 32.0 Å². The molecule has 1 saturated carbocycles. The van der Waals surface area contributed by atoms with E-state index in [1.165, 1.54) is 0 Å². The maximum atomic E-state index is 6.05. The van der Waals surface area contributed by atoms with Crippen LogP contribution in [0, 0.1) is 0 Å². The Kier molecular flexibility index (Phi) is 5.12. The predicted molar refractivity (Wildman–Crippen MR) is 80.3 cm³/mol. The predicted octanol–water partition coefficient (Wildman–Crippen LogP) is 3.39. The van der Waals surface area contributed by atoms with E-state index < -0.39 is 0 Å². The van der Waals surface area contributed by atoms with E-state index in [4.69, 9.17) is 19.9 Å². The second-order valence-electron chi connectivity index (χ2n) is 5.67. The second kappa shape index (κ2) is 6.84. The third-order valence-corrected chi connectivity index (χ3v) is 3.49. The van der Waals surface area contributed by atoms with Gasteiger partial charge in [-0.2, -0.15) is 0 Å². The fourth-order valence-electron chi connectivity index (χ4n) is 2.62. The van der Waals surface area contributed by atoms with Gasteiger partial charge in [-0.25, -0.2) is 0 Å². The summed E-state index contributed by atoms with van der Waals surface area (Å²) in [6.45, 7) is 3.99. The lowest BCUT2D eigenvalue weighted by Gasteiger charge is -2.28. The number of hydrogen-bond acceptors (Lipinski definition) is 4. The minimum atomic E-state index is 0.122. The highest BCUT2D eigenvalue weighted by atomic mass is 16.5. The largest absolute Gasteiger partial charge is 0.491 e. The molecule has 2 N–H and O–H groups in total. The summed E-state index contributed by atoms with van der Waals surface area (Å²) in [5, 5.41) is 0. The fraction of sp³-hybridized carbons (Fsp3) is 0.625. The van der Waals surface area contributed by atoms with E-state index in [2.05, 4.69) is 0 Å². The molecule has 1 aliphatic rings. The van der Waals surface area contributed by atoms with E-state index >= 15 is 0 Å². The molecule has 0 heterocycles. The van der Waals surface area contributed by atoms with Crippen molar-refractivity contribution in [3.05, 3.63) is 18.2 Å². The number of benzene rings is 1. The summed E-state index contributed by atoms with van der Waals surface area (Å²) in [5.41, 5.74) is 6.57. The molecule has 0 aliphatic heterocycles. The molecule has 1 aliphatic carbocycles. The SMILES string of the molecule is COC1CCCC(Oc2cc(N)cc(OC(C)C)c2)C1. The summed E-state index contributed by atoms with van der Waals surface area (Å²) in [6.07, 6.45) is 4.89. The van der Waals surface area contributed by atoms with Crippen molar-refractivity contribution in [2.75, 3.05) is 12.8 Å². The number of hydrogen-bond donors (Lipinski definition) is 1. The summed E-state index contributed by atoms with van der Waals surface area (Å²) in [6, 6.07) is 5.59. The molecule has 0 aromatic heterocycles. The van der Waals surface area contributed by atoms with Gasteiger partial charge < -0.3 is 19.9 Å². The number of methoxy groups -OCH3 is 1. The van der Waals surface area contributed by atoms with Gasteiger partial charge in [0.25, 0.3) is 0 Å². The fourth-order valence-corrected chi connectivity index (χ4v) is 2.62. The molecule has 0 spiro atoms. The van der Waals surface area contributed by atoms with Gasteiger partial charge in [-0.1, -0.05) is 0 Å². The Labute approximate surface area is 121 Å². The van der Waals surface area contributed by atoms with Crippen LogP contribution in [0.1, 0.15) is 39.5 Å². The van der Waals surface area contributed by atoms with Crippen LogP contribution in [0.4, 0.5) is 5.69 Å². The van der Waals surface area contributed by atoms with Crippen LogP contribution < -0.4 is 15.2 Å². The lowest BCUT2D eigenvalue weighted by atomic mass is 9.95. The highest BCUT2D eigenvalue weighted by Crippen LogP contribution is 2.29. The number of nitrogens with two attached hydrogens (primary N) is 1. The Balaban J connectivity index is 2.02. The summed E-state index contributed by atoms with van der Waals surface area (Å²) < 4.78 is 17.2. The molecule has 0 amide bonds. The molecule has 1 aromatic carbocycles. The van der Waals surface area contributed by atoms with E-state index in [0.717, 1.165) is 37.2 Å². The first-order valence-corrected chi connectivity index (χ1v) is 7.33. The van der Waals surface area contributed by atoms with Gasteiger partial charge in [-0.05, 0) is 33.1 Å². The number of ether oxygens (including phenoxy) is 3. The van der Waals surface area contributed by atoms with Crippen molar-refractivity contribution in [1.29, 1.82) is 0 Å². The van der Waals surface area contributed by atoms with Gasteiger partial charge in [0, 0.05) is 37.4 Å². The maximum Gasteiger partial charge on any atom is 0.125 e. The topological polar surface area (TPSA) is 53.7 Å². The van der Waals surface area contributed by atoms with Crippen LogP contribution >= 0.6 is 0 Å². The van der Waals surface area contributed by atoms with Crippen molar-refractivity contribution >= 4 is 5.69 Å². The molecular formula is C16H25NO3. The number of anilines is 1. The van der Waals surface area contributed by atoms with Gasteiger partial charge in [-0.3, -0.25) is 0 Å². The van der Waals surface area contributed by atoms with Crippen LogP contribution in [0.25, 0.3) is 0 Å². The average molecular weight is 279 g/mol. The van der Waals surface area contributed by atoms with Crippen molar-refractivity contribution in [2.24, 2.45) is 0 Å². The molecule has 1 aromatic rings. The Hall–Kier alpha value is -1.42. The Bertz CT molecular complexity index is 434. The quantitative estimate of drug-likeness (QED) is 0.839. The van der Waals surface area contributed by atoms with Crippen LogP contribution in [-0.2, 0) is 4.74 Å². The van der Waals surface area contributed by atoms with Gasteiger partial charge in [0.2, 0.25) is 0 Å². The minimum Gasteiger partial charge on any atom is -0.491 e. The monoisotopic (exact) mass is 279 g/mol. The van der Waals surface area contributed by atoms with Crippen molar-refractivity contribution in [1.82, 2.24) is 0 Å². The highest BCUT2D eigenvalue weighted by molar-refractivity contribution is 5.50. The van der Waals surface area contributed by atoms with E-state index in [1.54, 1.807) is 7.11 Å². The molecule has 2 unspecified atom stereocenters. The molecule has 0 saturated heterocycles. The van der Waals surface area contributed by atoms with Gasteiger partial charge in [0.05, 0.1) is 12.2 Å². The Morgan fingerprint density at radius 3 is 2.50 bits per heavy atom. The summed E-state index contributed by atoms with van der Waals surface area (Å²) in [5.74, 6) is 1.54. The van der Waals surface area contributed by atoms with Crippen LogP contribution in [0.3, 0.4) is 0 Å². The summed E-state index contributed by atoms with van der Waals surface area (Å²) >= 11 is 0. The smallest absolute Gasteiger partial charge is 0.125 e. The van der Waals surface area contributed by atoms with Crippen LogP contribution in [0.5, 0.6) is 11.5 Å². The van der Waals surface area contributed by atoms with Crippen LogP contribution in [-0.4, -0.2) is 25.4 Å². The number of rotatable bonds is 5. The minimum absolute atomic E-state index is 0.122. The normalized spacial score (nSPS) is 22.8. The van der Waals surface area contributed by atoms with E-state index in [-0.39, 0.29) is 12.2 Å². The first-order valence-electron chi connectivity index (χ1n) is 7.33. The molecule has 20 heavy (non-hydrogen) atoms. The first kappa shape index (κ1) is 15.0. The molecule has 112 valence electrons. The molecular weight excluding hydrogens is 254 g/mol. The molecule has 0 radical (unpaired) electrons. The van der Waals surface area contributed by atoms with Crippen LogP contribution in [0.15, 0.2) is 18.2 Å².